The minimum atomic E-state index is -0.512. The third kappa shape index (κ3) is 2.91. The van der Waals surface area contributed by atoms with Crippen LogP contribution in [0.25, 0.3) is 22.2 Å². The van der Waals surface area contributed by atoms with Crippen LogP contribution >= 0.6 is 0 Å². The molecule has 0 aliphatic carbocycles. The summed E-state index contributed by atoms with van der Waals surface area (Å²) in [5, 5.41) is 0. The molecule has 0 aliphatic rings. The molecule has 2 aromatic heterocycles. The molecule has 0 radical (unpaired) electrons. The molecule has 0 spiro atoms. The number of hydrogen-bond acceptors (Lipinski definition) is 2. The Kier molecular flexibility index (Phi) is 3.59. The first kappa shape index (κ1) is 15.5. The number of pyridine rings is 1. The van der Waals surface area contributed by atoms with Gasteiger partial charge in [-0.25, -0.2) is 9.78 Å². The van der Waals surface area contributed by atoms with Gasteiger partial charge in [0.1, 0.15) is 0 Å². The van der Waals surface area contributed by atoms with Crippen LogP contribution in [0.5, 0.6) is 0 Å². The maximum atomic E-state index is 13.3. The molecule has 0 bridgehead atoms. The van der Waals surface area contributed by atoms with Crippen LogP contribution in [0.4, 0.5) is 4.39 Å². The first-order valence-corrected chi connectivity index (χ1v) is 7.57. The molecule has 4 nitrogen and oxygen atoms in total. The number of halogens is 1. The lowest BCUT2D eigenvalue weighted by molar-refractivity contribution is 0.342. The Morgan fingerprint density at radius 1 is 1.09 bits per heavy atom. The van der Waals surface area contributed by atoms with Crippen molar-refractivity contribution in [3.8, 4) is 11.1 Å². The van der Waals surface area contributed by atoms with Gasteiger partial charge < -0.3 is 0 Å². The van der Waals surface area contributed by atoms with Crippen LogP contribution in [-0.4, -0.2) is 14.1 Å². The average Bonchev–Trinajstić information content (AvgIpc) is 2.71. The second-order valence-corrected chi connectivity index (χ2v) is 7.06. The van der Waals surface area contributed by atoms with Crippen LogP contribution in [0, 0.1) is 11.4 Å². The molecule has 2 heterocycles. The number of nitrogens with zero attached hydrogens (tertiary/aromatic N) is 3. The van der Waals surface area contributed by atoms with Gasteiger partial charge in [0.2, 0.25) is 5.95 Å². The molecular weight excluding hydrogens is 293 g/mol. The molecule has 0 fully saturated rings. The number of aromatic nitrogens is 3. The van der Waals surface area contributed by atoms with Gasteiger partial charge >= 0.3 is 5.69 Å². The Morgan fingerprint density at radius 3 is 2.43 bits per heavy atom. The van der Waals surface area contributed by atoms with Crippen molar-refractivity contribution in [1.82, 2.24) is 14.1 Å². The number of imidazole rings is 1. The van der Waals surface area contributed by atoms with Crippen molar-refractivity contribution >= 4 is 11.0 Å². The summed E-state index contributed by atoms with van der Waals surface area (Å²) in [5.74, 6) is -0.512. The average molecular weight is 313 g/mol. The molecule has 3 aromatic rings. The molecule has 3 rings (SSSR count). The quantitative estimate of drug-likeness (QED) is 0.678. The molecule has 0 N–H and O–H groups in total. The highest BCUT2D eigenvalue weighted by Crippen LogP contribution is 2.25. The van der Waals surface area contributed by atoms with E-state index in [0.717, 1.165) is 22.2 Å². The lowest BCUT2D eigenvalue weighted by atomic mass is 9.97. The van der Waals surface area contributed by atoms with E-state index in [1.165, 1.54) is 12.3 Å². The van der Waals surface area contributed by atoms with E-state index < -0.39 is 5.95 Å². The first-order chi connectivity index (χ1) is 10.8. The highest BCUT2D eigenvalue weighted by atomic mass is 19.1. The van der Waals surface area contributed by atoms with Gasteiger partial charge in [0.05, 0.1) is 11.0 Å². The molecule has 1 aromatic carbocycles. The summed E-state index contributed by atoms with van der Waals surface area (Å²) < 4.78 is 16.8. The number of hydrogen-bond donors (Lipinski definition) is 0. The highest BCUT2D eigenvalue weighted by molar-refractivity contribution is 5.82. The Labute approximate surface area is 134 Å². The molecule has 0 aliphatic heterocycles. The fraction of sp³-hybridized carbons (Fsp3) is 0.333. The molecule has 0 amide bonds. The van der Waals surface area contributed by atoms with Crippen LogP contribution in [-0.2, 0) is 13.6 Å². The normalized spacial score (nSPS) is 12.0. The summed E-state index contributed by atoms with van der Waals surface area (Å²) in [6.07, 6.45) is 1.44. The highest BCUT2D eigenvalue weighted by Gasteiger charge is 2.18. The molecule has 0 unspecified atom stereocenters. The van der Waals surface area contributed by atoms with E-state index in [0.29, 0.717) is 6.54 Å². The zero-order valence-electron chi connectivity index (χ0n) is 13.8. The van der Waals surface area contributed by atoms with Crippen molar-refractivity contribution in [3.05, 3.63) is 53.0 Å². The third-order valence-corrected chi connectivity index (χ3v) is 3.84. The van der Waals surface area contributed by atoms with Crippen LogP contribution in [0.15, 0.2) is 41.3 Å². The Balaban J connectivity index is 2.18. The molecular formula is C18H20FN3O. The molecule has 0 atom stereocenters. The largest absolute Gasteiger partial charge is 0.328 e. The zero-order chi connectivity index (χ0) is 16.8. The second kappa shape index (κ2) is 5.33. The van der Waals surface area contributed by atoms with E-state index in [2.05, 4.69) is 25.8 Å². The van der Waals surface area contributed by atoms with Crippen molar-refractivity contribution in [2.24, 2.45) is 12.5 Å². The monoisotopic (exact) mass is 313 g/mol. The maximum absolute atomic E-state index is 13.3. The number of aryl methyl sites for hydroxylation is 1. The van der Waals surface area contributed by atoms with Gasteiger partial charge in [-0.15, -0.1) is 0 Å². The molecule has 5 heteroatoms. The molecule has 0 saturated carbocycles. The lowest BCUT2D eigenvalue weighted by Gasteiger charge is -2.18. The number of benzene rings is 1. The predicted octanol–water partition coefficient (Wildman–Crippen LogP) is 3.59. The smallest absolute Gasteiger partial charge is 0.295 e. The summed E-state index contributed by atoms with van der Waals surface area (Å²) in [5.41, 5.74) is 3.32. The summed E-state index contributed by atoms with van der Waals surface area (Å²) in [6.45, 7) is 6.96. The van der Waals surface area contributed by atoms with Crippen LogP contribution in [0.2, 0.25) is 0 Å². The molecule has 0 saturated heterocycles. The van der Waals surface area contributed by atoms with Crippen molar-refractivity contribution in [3.63, 3.8) is 0 Å². The van der Waals surface area contributed by atoms with Gasteiger partial charge in [-0.2, -0.15) is 4.39 Å². The van der Waals surface area contributed by atoms with E-state index >= 15 is 0 Å². The summed E-state index contributed by atoms with van der Waals surface area (Å²) in [7, 11) is 1.76. The van der Waals surface area contributed by atoms with Crippen LogP contribution in [0.1, 0.15) is 20.8 Å². The summed E-state index contributed by atoms with van der Waals surface area (Å²) in [6, 6.07) is 8.91. The number of rotatable bonds is 2. The second-order valence-electron chi connectivity index (χ2n) is 7.06. The Hall–Kier alpha value is -2.43. The van der Waals surface area contributed by atoms with Gasteiger partial charge in [-0.3, -0.25) is 9.13 Å². The third-order valence-electron chi connectivity index (χ3n) is 3.84. The first-order valence-electron chi connectivity index (χ1n) is 7.57. The lowest BCUT2D eigenvalue weighted by Crippen LogP contribution is -2.27. The van der Waals surface area contributed by atoms with E-state index in [1.807, 2.05) is 18.2 Å². The number of fused-ring (bicyclic) bond motifs is 1. The van der Waals surface area contributed by atoms with E-state index in [1.54, 1.807) is 22.2 Å². The maximum Gasteiger partial charge on any atom is 0.328 e. The SMILES string of the molecule is Cn1c(=O)n(CC(C)(C)C)c2ccc(-c3ccnc(F)c3)cc21. The Morgan fingerprint density at radius 2 is 1.78 bits per heavy atom. The van der Waals surface area contributed by atoms with Gasteiger partial charge in [0, 0.05) is 25.9 Å². The fourth-order valence-electron chi connectivity index (χ4n) is 2.80. The van der Waals surface area contributed by atoms with E-state index in [-0.39, 0.29) is 11.1 Å². The van der Waals surface area contributed by atoms with E-state index in [4.69, 9.17) is 0 Å². The van der Waals surface area contributed by atoms with Crippen molar-refractivity contribution in [2.75, 3.05) is 0 Å². The molecule has 23 heavy (non-hydrogen) atoms. The van der Waals surface area contributed by atoms with Gasteiger partial charge in [-0.05, 0) is 34.7 Å². The van der Waals surface area contributed by atoms with Gasteiger partial charge in [0.15, 0.2) is 0 Å². The summed E-state index contributed by atoms with van der Waals surface area (Å²) in [4.78, 5) is 16.1. The minimum Gasteiger partial charge on any atom is -0.295 e. The minimum absolute atomic E-state index is 0.00497. The van der Waals surface area contributed by atoms with Gasteiger partial charge in [0.25, 0.3) is 0 Å². The van der Waals surface area contributed by atoms with E-state index in [9.17, 15) is 9.18 Å². The van der Waals surface area contributed by atoms with Crippen molar-refractivity contribution in [1.29, 1.82) is 0 Å². The summed E-state index contributed by atoms with van der Waals surface area (Å²) >= 11 is 0. The van der Waals surface area contributed by atoms with Crippen LogP contribution in [0.3, 0.4) is 0 Å². The topological polar surface area (TPSA) is 39.8 Å². The zero-order valence-corrected chi connectivity index (χ0v) is 13.8. The Bertz CT molecular complexity index is 932. The van der Waals surface area contributed by atoms with Crippen LogP contribution < -0.4 is 5.69 Å². The molecule has 120 valence electrons. The standard InChI is InChI=1S/C18H20FN3O/c1-18(2,3)11-22-14-6-5-12(9-15(14)21(4)17(22)23)13-7-8-20-16(19)10-13/h5-10H,11H2,1-4H3. The predicted molar refractivity (Wildman–Crippen MR) is 89.8 cm³/mol. The van der Waals surface area contributed by atoms with Crippen molar-refractivity contribution in [2.45, 2.75) is 27.3 Å². The van der Waals surface area contributed by atoms with Gasteiger partial charge in [-0.1, -0.05) is 26.8 Å². The fourth-order valence-corrected chi connectivity index (χ4v) is 2.80. The van der Waals surface area contributed by atoms with Crippen molar-refractivity contribution < 1.29 is 4.39 Å².